The number of nitrogens with zero attached hydrogens (tertiary/aromatic N) is 4. The Labute approximate surface area is 273 Å². The van der Waals surface area contributed by atoms with Gasteiger partial charge in [-0.3, -0.25) is 14.4 Å². The van der Waals surface area contributed by atoms with Crippen LogP contribution < -0.4 is 21.7 Å². The quantitative estimate of drug-likeness (QED) is 0.322. The van der Waals surface area contributed by atoms with Gasteiger partial charge in [-0.2, -0.15) is 15.0 Å². The molecule has 2 fully saturated rings. The fraction of sp³-hybridized carbons (Fsp3) is 0.486. The summed E-state index contributed by atoms with van der Waals surface area (Å²) in [4.78, 5) is 58.1. The Kier molecular flexibility index (Phi) is 8.53. The molecule has 47 heavy (non-hydrogen) atoms. The van der Waals surface area contributed by atoms with Gasteiger partial charge in [-0.15, -0.1) is 0 Å². The van der Waals surface area contributed by atoms with Crippen molar-refractivity contribution in [3.8, 4) is 6.07 Å². The number of aryl methyl sites for hydroxylation is 2. The second kappa shape index (κ2) is 12.4. The van der Waals surface area contributed by atoms with E-state index in [1.54, 1.807) is 35.9 Å². The highest BCUT2D eigenvalue weighted by Gasteiger charge is 2.54. The molecule has 0 unspecified atom stereocenters. The minimum absolute atomic E-state index is 0.0549. The van der Waals surface area contributed by atoms with E-state index in [1.165, 1.54) is 0 Å². The summed E-state index contributed by atoms with van der Waals surface area (Å²) in [7, 11) is 3.17. The first-order chi connectivity index (χ1) is 22.5. The third-order valence-corrected chi connectivity index (χ3v) is 9.96. The van der Waals surface area contributed by atoms with Crippen molar-refractivity contribution in [2.45, 2.75) is 82.5 Å². The summed E-state index contributed by atoms with van der Waals surface area (Å²) in [5.74, 6) is -0.432. The predicted molar refractivity (Wildman–Crippen MR) is 173 cm³/mol. The lowest BCUT2D eigenvalue weighted by molar-refractivity contribution is -0.131. The molecule has 1 aromatic heterocycles. The van der Waals surface area contributed by atoms with Crippen molar-refractivity contribution < 1.29 is 18.9 Å². The molecule has 12 heteroatoms. The van der Waals surface area contributed by atoms with Crippen LogP contribution in [0.15, 0.2) is 45.7 Å². The summed E-state index contributed by atoms with van der Waals surface area (Å²) < 4.78 is 7.23. The Balaban J connectivity index is 1.50. The summed E-state index contributed by atoms with van der Waals surface area (Å²) in [6, 6.07) is 12.7. The van der Waals surface area contributed by atoms with Gasteiger partial charge in [0.2, 0.25) is 5.91 Å². The largest absolute Gasteiger partial charge is 0.459 e. The van der Waals surface area contributed by atoms with Gasteiger partial charge in [-0.25, -0.2) is 4.79 Å². The molecule has 1 saturated heterocycles. The summed E-state index contributed by atoms with van der Waals surface area (Å²) >= 11 is 0. The highest BCUT2D eigenvalue weighted by Crippen LogP contribution is 2.49. The topological polar surface area (TPSA) is 162 Å². The van der Waals surface area contributed by atoms with Crippen LogP contribution in [-0.2, 0) is 23.1 Å². The smallest absolute Gasteiger partial charge is 0.355 e. The van der Waals surface area contributed by atoms with Crippen molar-refractivity contribution in [1.29, 1.82) is 5.26 Å². The lowest BCUT2D eigenvalue weighted by atomic mass is 9.67. The van der Waals surface area contributed by atoms with Gasteiger partial charge in [0, 0.05) is 37.3 Å². The van der Waals surface area contributed by atoms with Crippen molar-refractivity contribution in [2.75, 3.05) is 20.6 Å². The summed E-state index contributed by atoms with van der Waals surface area (Å²) in [6.45, 7) is 5.87. The molecule has 1 saturated carbocycles. The number of nitriles is 1. The molecule has 0 radical (unpaired) electrons. The molecule has 0 spiro atoms. The number of carbonyl (C=O) groups is 3. The third-order valence-electron chi connectivity index (χ3n) is 9.96. The van der Waals surface area contributed by atoms with Gasteiger partial charge in [0.25, 0.3) is 11.8 Å². The Hall–Kier alpha value is -4.76. The first kappa shape index (κ1) is 32.2. The monoisotopic (exact) mass is 639 g/mol. The number of likely N-dealkylation sites (tertiary alicyclic amines) is 1. The Morgan fingerprint density at radius 3 is 2.13 bits per heavy atom. The minimum Gasteiger partial charge on any atom is -0.355 e. The average molecular weight is 640 g/mol. The van der Waals surface area contributed by atoms with Gasteiger partial charge in [0.05, 0.1) is 24.1 Å². The molecule has 0 bridgehead atoms. The molecule has 1 aliphatic heterocycles. The number of hydrogen-bond acceptors (Lipinski definition) is 8. The molecule has 3 amide bonds. The number of rotatable bonds is 9. The number of hydrogen-bond donors (Lipinski definition) is 3. The van der Waals surface area contributed by atoms with E-state index in [0.717, 1.165) is 35.1 Å². The van der Waals surface area contributed by atoms with E-state index in [9.17, 15) is 24.4 Å². The van der Waals surface area contributed by atoms with E-state index in [-0.39, 0.29) is 42.4 Å². The van der Waals surface area contributed by atoms with Gasteiger partial charge >= 0.3 is 5.76 Å². The average Bonchev–Trinajstić information content (AvgIpc) is 3.59. The van der Waals surface area contributed by atoms with E-state index in [2.05, 4.69) is 27.0 Å². The number of benzene rings is 2. The van der Waals surface area contributed by atoms with Crippen LogP contribution in [0.3, 0.4) is 0 Å². The van der Waals surface area contributed by atoms with Crippen LogP contribution >= 0.6 is 0 Å². The van der Waals surface area contributed by atoms with Crippen molar-refractivity contribution in [2.24, 2.45) is 5.92 Å². The van der Waals surface area contributed by atoms with Gasteiger partial charge in [0.15, 0.2) is 5.82 Å². The highest BCUT2D eigenvalue weighted by atomic mass is 16.5. The molecule has 3 aliphatic rings. The minimum atomic E-state index is -1.07. The van der Waals surface area contributed by atoms with Crippen LogP contribution in [0.2, 0.25) is 0 Å². The summed E-state index contributed by atoms with van der Waals surface area (Å²) in [5.41, 5.74) is 3.49. The van der Waals surface area contributed by atoms with E-state index < -0.39 is 17.2 Å². The zero-order valence-electron chi connectivity index (χ0n) is 27.4. The van der Waals surface area contributed by atoms with Crippen LogP contribution in [0.25, 0.3) is 0 Å². The maximum absolute atomic E-state index is 13.4. The van der Waals surface area contributed by atoms with Crippen molar-refractivity contribution in [3.63, 3.8) is 0 Å². The molecular formula is C35H41N7O5. The van der Waals surface area contributed by atoms with Gasteiger partial charge in [-0.05, 0) is 105 Å². The second-order valence-corrected chi connectivity index (χ2v) is 13.3. The molecule has 2 heterocycles. The molecule has 6 rings (SSSR count). The molecule has 12 nitrogen and oxygen atoms in total. The van der Waals surface area contributed by atoms with Crippen molar-refractivity contribution in [3.05, 3.63) is 86.2 Å². The number of nitrogens with one attached hydrogen (secondary N) is 3. The number of amides is 3. The van der Waals surface area contributed by atoms with E-state index in [1.807, 2.05) is 45.0 Å². The summed E-state index contributed by atoms with van der Waals surface area (Å²) in [5, 5.41) is 18.5. The molecule has 2 aliphatic carbocycles. The van der Waals surface area contributed by atoms with Crippen LogP contribution in [0, 0.1) is 17.2 Å². The second-order valence-electron chi connectivity index (χ2n) is 13.3. The maximum Gasteiger partial charge on any atom is 0.459 e. The van der Waals surface area contributed by atoms with Crippen molar-refractivity contribution >= 4 is 17.7 Å². The molecule has 3 aromatic rings. The van der Waals surface area contributed by atoms with Gasteiger partial charge < -0.3 is 25.4 Å². The number of aromatic nitrogens is 2. The lowest BCUT2D eigenvalue weighted by Gasteiger charge is -2.38. The summed E-state index contributed by atoms with van der Waals surface area (Å²) in [6.07, 6.45) is 3.19. The lowest BCUT2D eigenvalue weighted by Crippen LogP contribution is -2.47. The van der Waals surface area contributed by atoms with Gasteiger partial charge in [-0.1, -0.05) is 12.1 Å². The fourth-order valence-electron chi connectivity index (χ4n) is 7.70. The number of fused-ring (bicyclic) bond motifs is 3. The normalized spacial score (nSPS) is 21.1. The fourth-order valence-corrected chi connectivity index (χ4v) is 7.70. The molecule has 246 valence electrons. The number of piperidine rings is 1. The van der Waals surface area contributed by atoms with Crippen LogP contribution in [0.4, 0.5) is 0 Å². The van der Waals surface area contributed by atoms with E-state index >= 15 is 0 Å². The Morgan fingerprint density at radius 1 is 1.00 bits per heavy atom. The van der Waals surface area contributed by atoms with Crippen LogP contribution in [0.5, 0.6) is 0 Å². The highest BCUT2D eigenvalue weighted by molar-refractivity contribution is 5.95. The SMILES string of the molecule is CNC(=O)c1ccc2c(c1)CCc1cc(C(=O)NC)ccc1C2(C[C@@H](C)NCC(=O)N1[C@H](C#N)C[C@@H]2C[C@@H]21)c1nc(=O)on1C(C)C. The van der Waals surface area contributed by atoms with Crippen LogP contribution in [-0.4, -0.2) is 71.1 Å². The molecule has 2 aromatic carbocycles. The first-order valence-corrected chi connectivity index (χ1v) is 16.3. The molecule has 3 N–H and O–H groups in total. The van der Waals surface area contributed by atoms with Gasteiger partial charge in [0.1, 0.15) is 6.04 Å². The predicted octanol–water partition coefficient (Wildman–Crippen LogP) is 2.45. The first-order valence-electron chi connectivity index (χ1n) is 16.3. The zero-order chi connectivity index (χ0) is 33.6. The Morgan fingerprint density at radius 2 is 1.60 bits per heavy atom. The van der Waals surface area contributed by atoms with Crippen LogP contribution in [0.1, 0.15) is 94.9 Å². The standard InChI is InChI=1S/C35H41N7O5/c1-19(2)42-33(40-34(46)47-42)35(16-20(3)39-18-30(43)41-26(17-36)14-25-15-29(25)41)27-10-8-23(31(44)37-4)12-21(27)6-7-22-13-24(32(45)38-5)9-11-28(22)35/h8-13,19-20,25-26,29,39H,6-7,14-16,18H2,1-5H3,(H,37,44)(H,38,45)/t20-,25-,26+,29+/m1/s1. The Bertz CT molecular complexity index is 1770. The molecular weight excluding hydrogens is 598 g/mol. The number of carbonyl (C=O) groups excluding carboxylic acids is 3. The third kappa shape index (κ3) is 5.63. The zero-order valence-corrected chi connectivity index (χ0v) is 27.4. The van der Waals surface area contributed by atoms with E-state index in [4.69, 9.17) is 4.52 Å². The van der Waals surface area contributed by atoms with Crippen molar-refractivity contribution in [1.82, 2.24) is 30.6 Å². The maximum atomic E-state index is 13.4. The van der Waals surface area contributed by atoms with E-state index in [0.29, 0.717) is 42.1 Å². The molecule has 4 atom stereocenters.